The summed E-state index contributed by atoms with van der Waals surface area (Å²) in [5, 5.41) is 3.44. The van der Waals surface area contributed by atoms with Crippen LogP contribution in [-0.4, -0.2) is 25.1 Å². The maximum absolute atomic E-state index is 12.6. The van der Waals surface area contributed by atoms with Crippen molar-refractivity contribution in [3.8, 4) is 5.75 Å². The number of anilines is 1. The molecule has 0 saturated heterocycles. The highest BCUT2D eigenvalue weighted by molar-refractivity contribution is 9.10. The van der Waals surface area contributed by atoms with E-state index in [1.165, 1.54) is 21.8 Å². The van der Waals surface area contributed by atoms with Crippen LogP contribution in [0.4, 0.5) is 5.00 Å². The maximum Gasteiger partial charge on any atom is 0.341 e. The summed E-state index contributed by atoms with van der Waals surface area (Å²) in [5.74, 6) is -0.0613. The minimum absolute atomic E-state index is 0.0280. The number of hydrogen-bond donors (Lipinski definition) is 1. The maximum atomic E-state index is 12.6. The molecule has 1 heterocycles. The van der Waals surface area contributed by atoms with Crippen molar-refractivity contribution < 1.29 is 19.1 Å². The number of aryl methyl sites for hydroxylation is 1. The Morgan fingerprint density at radius 3 is 2.60 bits per heavy atom. The molecule has 3 rings (SSSR count). The number of nitrogens with one attached hydrogen (secondary N) is 1. The van der Waals surface area contributed by atoms with Crippen molar-refractivity contribution in [1.82, 2.24) is 0 Å². The van der Waals surface area contributed by atoms with E-state index in [9.17, 15) is 9.59 Å². The van der Waals surface area contributed by atoms with Crippen molar-refractivity contribution in [2.75, 3.05) is 18.5 Å². The summed E-state index contributed by atoms with van der Waals surface area (Å²) in [4.78, 5) is 26.3. The number of carbonyl (C=O) groups excluding carboxylic acids is 2. The number of amides is 1. The molecule has 0 saturated carbocycles. The molecular weight excluding hydrogens is 466 g/mol. The average Bonchev–Trinajstić information content (AvgIpc) is 3.04. The molecule has 0 fully saturated rings. The lowest BCUT2D eigenvalue weighted by Gasteiger charge is -2.20. The van der Waals surface area contributed by atoms with Gasteiger partial charge < -0.3 is 14.8 Å². The van der Waals surface area contributed by atoms with Crippen molar-refractivity contribution in [1.29, 1.82) is 0 Å². The summed E-state index contributed by atoms with van der Waals surface area (Å²) in [5.41, 5.74) is 2.75. The minimum atomic E-state index is -0.367. The van der Waals surface area contributed by atoms with Gasteiger partial charge in [-0.2, -0.15) is 0 Å². The standard InChI is InChI=1S/C23H28BrNO4S/c1-5-28-22(27)20-15-8-6-7-9-18(15)30-21(20)25-19(26)13-29-17-11-10-14(12-16(17)24)23(2,3)4/h10-12H,5-9,13H2,1-4H3,(H,25,26). The van der Waals surface area contributed by atoms with Crippen LogP contribution in [0.2, 0.25) is 0 Å². The fraction of sp³-hybridized carbons (Fsp3) is 0.478. The zero-order valence-electron chi connectivity index (χ0n) is 17.9. The number of fused-ring (bicyclic) bond motifs is 1. The summed E-state index contributed by atoms with van der Waals surface area (Å²) < 4.78 is 11.8. The molecule has 30 heavy (non-hydrogen) atoms. The zero-order chi connectivity index (χ0) is 21.9. The Labute approximate surface area is 190 Å². The lowest BCUT2D eigenvalue weighted by atomic mass is 9.87. The quantitative estimate of drug-likeness (QED) is 0.510. The van der Waals surface area contributed by atoms with Gasteiger partial charge in [0.1, 0.15) is 10.8 Å². The van der Waals surface area contributed by atoms with Gasteiger partial charge in [-0.05, 0) is 77.2 Å². The summed E-state index contributed by atoms with van der Waals surface area (Å²) in [6.45, 7) is 8.38. The lowest BCUT2D eigenvalue weighted by molar-refractivity contribution is -0.118. The molecule has 0 radical (unpaired) electrons. The van der Waals surface area contributed by atoms with Crippen molar-refractivity contribution >= 4 is 44.1 Å². The van der Waals surface area contributed by atoms with E-state index in [4.69, 9.17) is 9.47 Å². The first kappa shape index (κ1) is 22.8. The Bertz CT molecular complexity index is 945. The molecule has 1 aliphatic carbocycles. The summed E-state index contributed by atoms with van der Waals surface area (Å²) in [6.07, 6.45) is 3.93. The highest BCUT2D eigenvalue weighted by atomic mass is 79.9. The third kappa shape index (κ3) is 5.24. The molecule has 1 aromatic heterocycles. The van der Waals surface area contributed by atoms with Crippen molar-refractivity contribution in [2.24, 2.45) is 0 Å². The van der Waals surface area contributed by atoms with E-state index in [1.54, 1.807) is 6.92 Å². The van der Waals surface area contributed by atoms with Gasteiger partial charge in [-0.1, -0.05) is 26.8 Å². The SMILES string of the molecule is CCOC(=O)c1c(NC(=O)COc2ccc(C(C)(C)C)cc2Br)sc2c1CCCC2. The van der Waals surface area contributed by atoms with E-state index in [-0.39, 0.29) is 23.9 Å². The third-order valence-electron chi connectivity index (χ3n) is 5.06. The molecule has 162 valence electrons. The van der Waals surface area contributed by atoms with Crippen LogP contribution in [0.15, 0.2) is 22.7 Å². The normalized spacial score (nSPS) is 13.5. The van der Waals surface area contributed by atoms with E-state index >= 15 is 0 Å². The number of rotatable bonds is 6. The molecule has 1 aromatic carbocycles. The van der Waals surface area contributed by atoms with Gasteiger partial charge in [0, 0.05) is 4.88 Å². The monoisotopic (exact) mass is 493 g/mol. The molecule has 0 aliphatic heterocycles. The smallest absolute Gasteiger partial charge is 0.341 e. The molecule has 5 nitrogen and oxygen atoms in total. The van der Waals surface area contributed by atoms with Crippen LogP contribution in [0.25, 0.3) is 0 Å². The molecule has 2 aromatic rings. The van der Waals surface area contributed by atoms with E-state index in [2.05, 4.69) is 42.0 Å². The number of benzene rings is 1. The molecule has 0 spiro atoms. The highest BCUT2D eigenvalue weighted by Crippen LogP contribution is 2.38. The summed E-state index contributed by atoms with van der Waals surface area (Å²) in [7, 11) is 0. The summed E-state index contributed by atoms with van der Waals surface area (Å²) >= 11 is 5.00. The van der Waals surface area contributed by atoms with E-state index in [0.717, 1.165) is 35.7 Å². The number of ether oxygens (including phenoxy) is 2. The van der Waals surface area contributed by atoms with E-state index in [1.807, 2.05) is 18.2 Å². The van der Waals surface area contributed by atoms with Gasteiger partial charge in [0.05, 0.1) is 16.6 Å². The first-order chi connectivity index (χ1) is 14.2. The van der Waals surface area contributed by atoms with Crippen LogP contribution < -0.4 is 10.1 Å². The number of hydrogen-bond acceptors (Lipinski definition) is 5. The van der Waals surface area contributed by atoms with Gasteiger partial charge in [0.25, 0.3) is 5.91 Å². The Hall–Kier alpha value is -1.86. The van der Waals surface area contributed by atoms with Gasteiger partial charge in [0.2, 0.25) is 0 Å². The molecule has 7 heteroatoms. The third-order valence-corrected chi connectivity index (χ3v) is 6.89. The molecule has 0 unspecified atom stereocenters. The number of halogens is 1. The molecular formula is C23H28BrNO4S. The second kappa shape index (κ2) is 9.52. The molecule has 1 aliphatic rings. The average molecular weight is 494 g/mol. The van der Waals surface area contributed by atoms with E-state index in [0.29, 0.717) is 22.9 Å². The zero-order valence-corrected chi connectivity index (χ0v) is 20.3. The fourth-order valence-corrected chi connectivity index (χ4v) is 5.25. The van der Waals surface area contributed by atoms with Gasteiger partial charge in [-0.25, -0.2) is 4.79 Å². The predicted octanol–water partition coefficient (Wildman–Crippen LogP) is 5.88. The van der Waals surface area contributed by atoms with Crippen LogP contribution in [0, 0.1) is 0 Å². The van der Waals surface area contributed by atoms with Gasteiger partial charge in [-0.15, -0.1) is 11.3 Å². The number of esters is 1. The van der Waals surface area contributed by atoms with Crippen molar-refractivity contribution in [2.45, 2.75) is 58.8 Å². The van der Waals surface area contributed by atoms with Gasteiger partial charge in [-0.3, -0.25) is 4.79 Å². The molecule has 1 amide bonds. The second-order valence-corrected chi connectivity index (χ2v) is 10.3. The summed E-state index contributed by atoms with van der Waals surface area (Å²) in [6, 6.07) is 5.88. The van der Waals surface area contributed by atoms with Crippen LogP contribution in [0.5, 0.6) is 5.75 Å². The number of thiophene rings is 1. The molecule has 0 bridgehead atoms. The van der Waals surface area contributed by atoms with Crippen LogP contribution in [-0.2, 0) is 27.8 Å². The largest absolute Gasteiger partial charge is 0.483 e. The fourth-order valence-electron chi connectivity index (χ4n) is 3.46. The van der Waals surface area contributed by atoms with Crippen LogP contribution >= 0.6 is 27.3 Å². The Morgan fingerprint density at radius 2 is 1.93 bits per heavy atom. The van der Waals surface area contributed by atoms with Crippen LogP contribution in [0.1, 0.15) is 66.9 Å². The minimum Gasteiger partial charge on any atom is -0.483 e. The van der Waals surface area contributed by atoms with Crippen molar-refractivity contribution in [3.63, 3.8) is 0 Å². The molecule has 0 atom stereocenters. The van der Waals surface area contributed by atoms with Gasteiger partial charge >= 0.3 is 5.97 Å². The Balaban J connectivity index is 1.71. The van der Waals surface area contributed by atoms with Crippen molar-refractivity contribution in [3.05, 3.63) is 44.2 Å². The first-order valence-corrected chi connectivity index (χ1v) is 11.9. The topological polar surface area (TPSA) is 64.6 Å². The number of carbonyl (C=O) groups is 2. The van der Waals surface area contributed by atoms with Gasteiger partial charge in [0.15, 0.2) is 6.61 Å². The second-order valence-electron chi connectivity index (χ2n) is 8.37. The lowest BCUT2D eigenvalue weighted by Crippen LogP contribution is -2.21. The molecule has 1 N–H and O–H groups in total. The first-order valence-electron chi connectivity index (χ1n) is 10.2. The predicted molar refractivity (Wildman–Crippen MR) is 124 cm³/mol. The Kier molecular flexibility index (Phi) is 7.24. The van der Waals surface area contributed by atoms with E-state index < -0.39 is 0 Å². The Morgan fingerprint density at radius 1 is 1.20 bits per heavy atom. The van der Waals surface area contributed by atoms with Crippen LogP contribution in [0.3, 0.4) is 0 Å². The highest BCUT2D eigenvalue weighted by Gasteiger charge is 2.27.